The van der Waals surface area contributed by atoms with E-state index in [-0.39, 0.29) is 47.7 Å². The summed E-state index contributed by atoms with van der Waals surface area (Å²) < 4.78 is 4.80. The van der Waals surface area contributed by atoms with E-state index >= 15 is 0 Å². The maximum atomic E-state index is 13.8. The third-order valence-electron chi connectivity index (χ3n) is 11.4. The van der Waals surface area contributed by atoms with Crippen LogP contribution in [0.25, 0.3) is 22.4 Å². The monoisotopic (exact) mass is 775 g/mol. The average molecular weight is 776 g/mol. The summed E-state index contributed by atoms with van der Waals surface area (Å²) in [6.07, 6.45) is 5.56. The lowest BCUT2D eigenvalue weighted by molar-refractivity contribution is -0.135. The fourth-order valence-electron chi connectivity index (χ4n) is 7.78. The van der Waals surface area contributed by atoms with Crippen LogP contribution in [0.5, 0.6) is 0 Å². The number of piperazine rings is 1. The molecule has 4 heterocycles. The number of amides is 4. The van der Waals surface area contributed by atoms with Gasteiger partial charge < -0.3 is 40.0 Å². The number of nitrogens with zero attached hydrogens (tertiary/aromatic N) is 6. The Hall–Kier alpha value is -5.76. The molecule has 0 radical (unpaired) electrons. The normalized spacial score (nSPS) is 20.1. The smallest absolute Gasteiger partial charge is 0.407 e. The molecule has 300 valence electrons. The molecule has 0 spiro atoms. The Labute approximate surface area is 334 Å². The van der Waals surface area contributed by atoms with Gasteiger partial charge in [-0.15, -0.1) is 0 Å². The first-order chi connectivity index (χ1) is 27.4. The first-order valence-corrected chi connectivity index (χ1v) is 19.8. The van der Waals surface area contributed by atoms with Crippen LogP contribution in [0, 0.1) is 11.8 Å². The number of alkyl carbamates (subject to hydrolysis) is 1. The van der Waals surface area contributed by atoms with Crippen LogP contribution in [0.1, 0.15) is 62.3 Å². The van der Waals surface area contributed by atoms with Crippen molar-refractivity contribution in [3.8, 4) is 22.4 Å². The van der Waals surface area contributed by atoms with Crippen LogP contribution in [0.3, 0.4) is 0 Å². The molecule has 7 rings (SSSR count). The number of benzene rings is 2. The van der Waals surface area contributed by atoms with Gasteiger partial charge in [-0.3, -0.25) is 14.4 Å². The molecule has 0 unspecified atom stereocenters. The second-order valence-electron chi connectivity index (χ2n) is 16.0. The van der Waals surface area contributed by atoms with E-state index in [2.05, 4.69) is 37.3 Å². The fourth-order valence-corrected chi connectivity index (χ4v) is 7.78. The van der Waals surface area contributed by atoms with Crippen LogP contribution in [-0.2, 0) is 14.3 Å². The van der Waals surface area contributed by atoms with Crippen molar-refractivity contribution in [2.24, 2.45) is 11.8 Å². The van der Waals surface area contributed by atoms with Crippen LogP contribution < -0.4 is 15.5 Å². The van der Waals surface area contributed by atoms with E-state index in [1.807, 2.05) is 98.5 Å². The largest absolute Gasteiger partial charge is 0.453 e. The Morgan fingerprint density at radius 2 is 1.60 bits per heavy atom. The van der Waals surface area contributed by atoms with Crippen LogP contribution in [0.4, 0.5) is 16.3 Å². The number of rotatable bonds is 11. The number of ether oxygens (including phenoxy) is 1. The highest BCUT2D eigenvalue weighted by atomic mass is 16.5. The number of likely N-dealkylation sites (N-methyl/N-ethyl adjacent to an activating group) is 1. The summed E-state index contributed by atoms with van der Waals surface area (Å²) in [4.78, 5) is 72.5. The summed E-state index contributed by atoms with van der Waals surface area (Å²) in [5, 5.41) is 5.70. The van der Waals surface area contributed by atoms with Gasteiger partial charge in [0.2, 0.25) is 11.8 Å². The van der Waals surface area contributed by atoms with Crippen LogP contribution in [0.15, 0.2) is 73.1 Å². The first-order valence-electron chi connectivity index (χ1n) is 19.8. The van der Waals surface area contributed by atoms with E-state index in [0.717, 1.165) is 47.6 Å². The number of carbonyl (C=O) groups excluding carboxylic acids is 4. The zero-order valence-corrected chi connectivity index (χ0v) is 33.6. The van der Waals surface area contributed by atoms with Crippen molar-refractivity contribution >= 4 is 35.3 Å². The molecule has 57 heavy (non-hydrogen) atoms. The number of aromatic nitrogens is 3. The van der Waals surface area contributed by atoms with Crippen molar-refractivity contribution in [1.29, 1.82) is 0 Å². The summed E-state index contributed by atoms with van der Waals surface area (Å²) >= 11 is 0. The molecule has 1 saturated carbocycles. The molecule has 14 nitrogen and oxygen atoms in total. The lowest BCUT2D eigenvalue weighted by Gasteiger charge is -2.40. The van der Waals surface area contributed by atoms with Gasteiger partial charge in [0.15, 0.2) is 0 Å². The fraction of sp³-hybridized carbons (Fsp3) is 0.442. The maximum Gasteiger partial charge on any atom is 0.407 e. The lowest BCUT2D eigenvalue weighted by atomic mass is 10.0. The lowest BCUT2D eigenvalue weighted by Crippen LogP contribution is -2.54. The van der Waals surface area contributed by atoms with Crippen LogP contribution in [0.2, 0.25) is 0 Å². The highest BCUT2D eigenvalue weighted by Gasteiger charge is 2.42. The van der Waals surface area contributed by atoms with E-state index in [1.54, 1.807) is 12.3 Å². The summed E-state index contributed by atoms with van der Waals surface area (Å²) in [5.74, 6) is 1.47. The van der Waals surface area contributed by atoms with Gasteiger partial charge in [0.1, 0.15) is 17.7 Å². The molecule has 2 aromatic carbocycles. The number of anilines is 2. The van der Waals surface area contributed by atoms with Gasteiger partial charge >= 0.3 is 6.09 Å². The topological polar surface area (TPSA) is 156 Å². The number of H-pyrrole nitrogens is 1. The van der Waals surface area contributed by atoms with E-state index in [9.17, 15) is 19.2 Å². The van der Waals surface area contributed by atoms with Crippen LogP contribution in [-0.4, -0.2) is 119 Å². The molecule has 2 aliphatic heterocycles. The van der Waals surface area contributed by atoms with Gasteiger partial charge in [0.05, 0.1) is 24.4 Å². The number of pyridine rings is 1. The van der Waals surface area contributed by atoms with Crippen molar-refractivity contribution in [2.75, 3.05) is 57.6 Å². The van der Waals surface area contributed by atoms with Crippen molar-refractivity contribution in [3.63, 3.8) is 0 Å². The minimum atomic E-state index is -0.726. The van der Waals surface area contributed by atoms with Crippen molar-refractivity contribution in [1.82, 2.24) is 35.0 Å². The Bertz CT molecular complexity index is 2060. The van der Waals surface area contributed by atoms with Gasteiger partial charge in [-0.05, 0) is 81.6 Å². The van der Waals surface area contributed by atoms with Gasteiger partial charge in [-0.1, -0.05) is 50.2 Å². The van der Waals surface area contributed by atoms with Crippen LogP contribution >= 0.6 is 0 Å². The average Bonchev–Trinajstić information content (AvgIpc) is 3.77. The SMILES string of the molecule is COC(=O)N[C@H](C(=O)N1C[C@@H](N(C)C)C[C@H]1c1nc(-c2ccc(-c3ccc(NC(=O)c4ccc(N5CCN(C(=O)C6CC6)C[C@H]5C)nc4)cc3)cc2)c[nH]1)C(C)C. The predicted octanol–water partition coefficient (Wildman–Crippen LogP) is 5.42. The third-order valence-corrected chi connectivity index (χ3v) is 11.4. The second kappa shape index (κ2) is 16.8. The number of methoxy groups -OCH3 is 1. The Kier molecular flexibility index (Phi) is 11.6. The highest BCUT2D eigenvalue weighted by Crippen LogP contribution is 2.35. The number of hydrogen-bond donors (Lipinski definition) is 3. The van der Waals surface area contributed by atoms with Crippen molar-refractivity contribution in [3.05, 3.63) is 84.4 Å². The molecule has 3 N–H and O–H groups in total. The molecule has 4 amide bonds. The Balaban J connectivity index is 0.962. The molecule has 0 bridgehead atoms. The quantitative estimate of drug-likeness (QED) is 0.181. The van der Waals surface area contributed by atoms with Gasteiger partial charge in [-0.2, -0.15) is 0 Å². The van der Waals surface area contributed by atoms with E-state index in [1.165, 1.54) is 7.11 Å². The van der Waals surface area contributed by atoms with E-state index < -0.39 is 12.1 Å². The zero-order chi connectivity index (χ0) is 40.4. The Morgan fingerprint density at radius 1 is 0.912 bits per heavy atom. The van der Waals surface area contributed by atoms with Gasteiger partial charge in [0, 0.05) is 67.8 Å². The number of likely N-dealkylation sites (tertiary alicyclic amines) is 1. The third kappa shape index (κ3) is 8.80. The highest BCUT2D eigenvalue weighted by molar-refractivity contribution is 6.04. The van der Waals surface area contributed by atoms with Gasteiger partial charge in [-0.25, -0.2) is 14.8 Å². The molecule has 1 aliphatic carbocycles. The molecule has 4 aromatic rings. The summed E-state index contributed by atoms with van der Waals surface area (Å²) in [6.45, 7) is 8.52. The zero-order valence-electron chi connectivity index (χ0n) is 33.6. The molecular formula is C43H53N9O5. The first kappa shape index (κ1) is 39.5. The standard InChI is InChI=1S/C43H53N9O5/c1-26(2)38(48-43(56)57-6)42(55)52-25-34(49(4)5)21-36(52)39-45-23-35(47-39)30-9-7-28(8-10-30)29-13-16-33(17-14-29)46-40(53)32-15-18-37(44-22-32)51-20-19-50(24-27(51)3)41(54)31-11-12-31/h7-10,13-18,22-23,26-27,31,34,36,38H,11-12,19-21,24-25H2,1-6H3,(H,45,47)(H,46,53)(H,48,56)/t27-,34+,36+,38+/m1/s1. The van der Waals surface area contributed by atoms with Crippen molar-refractivity contribution in [2.45, 2.75) is 64.2 Å². The number of aromatic amines is 1. The predicted molar refractivity (Wildman–Crippen MR) is 218 cm³/mol. The van der Waals surface area contributed by atoms with Gasteiger partial charge in [0.25, 0.3) is 5.91 Å². The number of carbonyl (C=O) groups is 4. The molecule has 3 aliphatic rings. The summed E-state index contributed by atoms with van der Waals surface area (Å²) in [7, 11) is 5.30. The minimum absolute atomic E-state index is 0.133. The van der Waals surface area contributed by atoms with E-state index in [0.29, 0.717) is 43.1 Å². The molecule has 2 aromatic heterocycles. The van der Waals surface area contributed by atoms with E-state index in [4.69, 9.17) is 9.72 Å². The molecule has 2 saturated heterocycles. The summed E-state index contributed by atoms with van der Waals surface area (Å²) in [6, 6.07) is 18.8. The molecule has 3 fully saturated rings. The Morgan fingerprint density at radius 3 is 2.19 bits per heavy atom. The number of imidazole rings is 1. The molecule has 4 atom stereocenters. The second-order valence-corrected chi connectivity index (χ2v) is 16.0. The maximum absolute atomic E-state index is 13.8. The molecular weight excluding hydrogens is 723 g/mol. The van der Waals surface area contributed by atoms with Crippen molar-refractivity contribution < 1.29 is 23.9 Å². The molecule has 14 heteroatoms. The summed E-state index contributed by atoms with van der Waals surface area (Å²) in [5.41, 5.74) is 4.85. The number of nitrogens with one attached hydrogen (secondary N) is 3. The minimum Gasteiger partial charge on any atom is -0.453 e. The number of hydrogen-bond acceptors (Lipinski definition) is 9.